The average Bonchev–Trinajstić information content (AvgIpc) is 3.17. The van der Waals surface area contributed by atoms with Crippen LogP contribution in [0, 0.1) is 11.7 Å². The second-order valence-electron chi connectivity index (χ2n) is 8.31. The van der Waals surface area contributed by atoms with Crippen LogP contribution in [0.1, 0.15) is 35.2 Å². The second-order valence-corrected chi connectivity index (χ2v) is 8.31. The minimum Gasteiger partial charge on any atom is -0.369 e. The molecule has 0 N–H and O–H groups in total. The Labute approximate surface area is 171 Å². The first-order chi connectivity index (χ1) is 14.2. The normalized spacial score (nSPS) is 19.8. The van der Waals surface area contributed by atoms with Crippen molar-refractivity contribution in [1.82, 2.24) is 14.8 Å². The lowest BCUT2D eigenvalue weighted by Gasteiger charge is -2.36. The highest BCUT2D eigenvalue weighted by Gasteiger charge is 2.28. The van der Waals surface area contributed by atoms with E-state index in [2.05, 4.69) is 27.4 Å². The van der Waals surface area contributed by atoms with Gasteiger partial charge in [0.1, 0.15) is 5.82 Å². The van der Waals surface area contributed by atoms with Gasteiger partial charge >= 0.3 is 0 Å². The van der Waals surface area contributed by atoms with Crippen LogP contribution < -0.4 is 0 Å². The third-order valence-electron chi connectivity index (χ3n) is 6.62. The zero-order valence-corrected chi connectivity index (χ0v) is 16.8. The minimum absolute atomic E-state index is 0.160. The standard InChI is InChI=1S/C24H27FN4/c1-17-23-18(3-2-9-26-23)8-12-29(17)14-13-28-10-6-19(7-11-28)24-22-5-4-21(25)15-20(22)16-27-24/h2-5,9,15,19H,1,6-8,10-14,16H2. The molecule has 3 aliphatic rings. The molecule has 0 bridgehead atoms. The maximum absolute atomic E-state index is 13.5. The van der Waals surface area contributed by atoms with Gasteiger partial charge in [-0.25, -0.2) is 4.39 Å². The van der Waals surface area contributed by atoms with E-state index >= 15 is 0 Å². The number of aliphatic imine (C=N–C) groups is 1. The van der Waals surface area contributed by atoms with Gasteiger partial charge in [-0.15, -0.1) is 0 Å². The Balaban J connectivity index is 1.15. The molecule has 1 saturated heterocycles. The molecule has 150 valence electrons. The summed E-state index contributed by atoms with van der Waals surface area (Å²) >= 11 is 0. The fraction of sp³-hybridized carbons (Fsp3) is 0.417. The Morgan fingerprint density at radius 3 is 2.79 bits per heavy atom. The number of aromatic nitrogens is 1. The maximum atomic E-state index is 13.5. The zero-order valence-electron chi connectivity index (χ0n) is 16.8. The fourth-order valence-corrected chi connectivity index (χ4v) is 4.93. The zero-order chi connectivity index (χ0) is 19.8. The van der Waals surface area contributed by atoms with E-state index in [1.54, 1.807) is 12.1 Å². The summed E-state index contributed by atoms with van der Waals surface area (Å²) in [7, 11) is 0. The minimum atomic E-state index is -0.160. The average molecular weight is 391 g/mol. The van der Waals surface area contributed by atoms with E-state index in [0.717, 1.165) is 68.9 Å². The number of likely N-dealkylation sites (tertiary alicyclic amines) is 1. The van der Waals surface area contributed by atoms with Crippen molar-refractivity contribution in [2.24, 2.45) is 10.9 Å². The largest absolute Gasteiger partial charge is 0.369 e. The summed E-state index contributed by atoms with van der Waals surface area (Å²) in [5, 5.41) is 0. The van der Waals surface area contributed by atoms with Gasteiger partial charge in [-0.1, -0.05) is 12.6 Å². The fourth-order valence-electron chi connectivity index (χ4n) is 4.93. The van der Waals surface area contributed by atoms with Crippen LogP contribution in [-0.4, -0.2) is 53.2 Å². The first-order valence-electron chi connectivity index (χ1n) is 10.6. The summed E-state index contributed by atoms with van der Waals surface area (Å²) in [4.78, 5) is 14.2. The Morgan fingerprint density at radius 1 is 1.07 bits per heavy atom. The quantitative estimate of drug-likeness (QED) is 0.797. The van der Waals surface area contributed by atoms with Crippen LogP contribution in [0.3, 0.4) is 0 Å². The van der Waals surface area contributed by atoms with E-state index in [4.69, 9.17) is 4.99 Å². The molecule has 4 heterocycles. The van der Waals surface area contributed by atoms with Crippen molar-refractivity contribution in [1.29, 1.82) is 0 Å². The molecule has 29 heavy (non-hydrogen) atoms. The molecule has 0 aliphatic carbocycles. The van der Waals surface area contributed by atoms with Gasteiger partial charge in [0.25, 0.3) is 0 Å². The van der Waals surface area contributed by atoms with E-state index in [0.29, 0.717) is 12.5 Å². The van der Waals surface area contributed by atoms with Crippen LogP contribution in [-0.2, 0) is 13.0 Å². The molecular weight excluding hydrogens is 363 g/mol. The van der Waals surface area contributed by atoms with E-state index in [1.807, 2.05) is 18.3 Å². The molecule has 0 radical (unpaired) electrons. The molecule has 0 spiro atoms. The molecule has 5 heteroatoms. The Hall–Kier alpha value is -2.53. The predicted octanol–water partition coefficient (Wildman–Crippen LogP) is 3.76. The van der Waals surface area contributed by atoms with Crippen molar-refractivity contribution < 1.29 is 4.39 Å². The van der Waals surface area contributed by atoms with Crippen molar-refractivity contribution >= 4 is 11.4 Å². The molecule has 4 nitrogen and oxygen atoms in total. The number of rotatable bonds is 4. The predicted molar refractivity (Wildman–Crippen MR) is 114 cm³/mol. The smallest absolute Gasteiger partial charge is 0.123 e. The van der Waals surface area contributed by atoms with Crippen molar-refractivity contribution in [3.8, 4) is 0 Å². The van der Waals surface area contributed by atoms with Crippen LogP contribution in [0.4, 0.5) is 4.39 Å². The molecule has 3 aliphatic heterocycles. The monoisotopic (exact) mass is 390 g/mol. The topological polar surface area (TPSA) is 31.7 Å². The summed E-state index contributed by atoms with van der Waals surface area (Å²) in [6.07, 6.45) is 5.16. The lowest BCUT2D eigenvalue weighted by Crippen LogP contribution is -2.41. The van der Waals surface area contributed by atoms with Gasteiger partial charge in [-0.05, 0) is 67.7 Å². The molecule has 0 saturated carbocycles. The van der Waals surface area contributed by atoms with Gasteiger partial charge in [0.2, 0.25) is 0 Å². The van der Waals surface area contributed by atoms with Gasteiger partial charge in [-0.3, -0.25) is 9.98 Å². The lowest BCUT2D eigenvalue weighted by molar-refractivity contribution is 0.191. The number of piperidine rings is 1. The van der Waals surface area contributed by atoms with Crippen LogP contribution >= 0.6 is 0 Å². The van der Waals surface area contributed by atoms with Crippen molar-refractivity contribution in [2.75, 3.05) is 32.7 Å². The van der Waals surface area contributed by atoms with E-state index in [9.17, 15) is 4.39 Å². The number of hydrogen-bond donors (Lipinski definition) is 0. The summed E-state index contributed by atoms with van der Waals surface area (Å²) in [5.74, 6) is 0.339. The van der Waals surface area contributed by atoms with Gasteiger partial charge in [0, 0.05) is 43.0 Å². The Kier molecular flexibility index (Phi) is 4.92. The molecule has 1 aromatic carbocycles. The van der Waals surface area contributed by atoms with Gasteiger partial charge in [0.05, 0.1) is 17.9 Å². The van der Waals surface area contributed by atoms with Gasteiger partial charge in [0.15, 0.2) is 0 Å². The molecule has 5 rings (SSSR count). The number of hydrogen-bond acceptors (Lipinski definition) is 4. The number of nitrogens with zero attached hydrogens (tertiary/aromatic N) is 4. The molecule has 0 amide bonds. The molecule has 0 unspecified atom stereocenters. The first kappa shape index (κ1) is 18.5. The van der Waals surface area contributed by atoms with Crippen LogP contribution in [0.15, 0.2) is 48.1 Å². The van der Waals surface area contributed by atoms with Crippen LogP contribution in [0.5, 0.6) is 0 Å². The van der Waals surface area contributed by atoms with Crippen LogP contribution in [0.25, 0.3) is 5.70 Å². The number of halogens is 1. The van der Waals surface area contributed by atoms with Gasteiger partial charge in [-0.2, -0.15) is 0 Å². The van der Waals surface area contributed by atoms with Crippen LogP contribution in [0.2, 0.25) is 0 Å². The first-order valence-corrected chi connectivity index (χ1v) is 10.6. The summed E-state index contributed by atoms with van der Waals surface area (Å²) in [6, 6.07) is 9.28. The number of benzene rings is 1. The maximum Gasteiger partial charge on any atom is 0.123 e. The van der Waals surface area contributed by atoms with E-state index in [-0.39, 0.29) is 5.82 Å². The summed E-state index contributed by atoms with van der Waals surface area (Å²) in [6.45, 7) is 10.2. The molecule has 1 fully saturated rings. The number of pyridine rings is 1. The van der Waals surface area contributed by atoms with E-state index < -0.39 is 0 Å². The third-order valence-corrected chi connectivity index (χ3v) is 6.62. The highest BCUT2D eigenvalue weighted by atomic mass is 19.1. The summed E-state index contributed by atoms with van der Waals surface area (Å²) in [5.41, 5.74) is 6.84. The second kappa shape index (κ2) is 7.71. The molecular formula is C24H27FN4. The van der Waals surface area contributed by atoms with E-state index in [1.165, 1.54) is 16.8 Å². The molecule has 0 atom stereocenters. The summed E-state index contributed by atoms with van der Waals surface area (Å²) < 4.78 is 13.5. The molecule has 2 aromatic rings. The molecule has 1 aromatic heterocycles. The SMILES string of the molecule is C=C1c2ncccc2CCN1CCN1CCC(C2=NCc3cc(F)ccc32)CC1. The van der Waals surface area contributed by atoms with Crippen molar-refractivity contribution in [3.05, 3.63) is 71.3 Å². The van der Waals surface area contributed by atoms with Crippen molar-refractivity contribution in [2.45, 2.75) is 25.8 Å². The highest BCUT2D eigenvalue weighted by Crippen LogP contribution is 2.30. The Morgan fingerprint density at radius 2 is 1.93 bits per heavy atom. The third kappa shape index (κ3) is 3.60. The Bertz CT molecular complexity index is 959. The van der Waals surface area contributed by atoms with Gasteiger partial charge < -0.3 is 9.80 Å². The number of fused-ring (bicyclic) bond motifs is 2. The van der Waals surface area contributed by atoms with Crippen molar-refractivity contribution in [3.63, 3.8) is 0 Å². The lowest BCUT2D eigenvalue weighted by atomic mass is 9.87. The highest BCUT2D eigenvalue weighted by molar-refractivity contribution is 6.05.